The maximum Gasteiger partial charge on any atom is 0.227 e. The Bertz CT molecular complexity index is 694. The van der Waals surface area contributed by atoms with Gasteiger partial charge in [0, 0.05) is 44.1 Å². The standard InChI is InChI=1S/C18H21ClN4O/c1-22(12-14-5-2-7-16(19)11-14)17(24)15-6-3-10-23(13-15)18-20-8-4-9-21-18/h2,4-5,7-9,11,15H,3,6,10,12-13H2,1H3. The van der Waals surface area contributed by atoms with Gasteiger partial charge in [0.1, 0.15) is 0 Å². The molecule has 2 aromatic rings. The van der Waals surface area contributed by atoms with E-state index in [4.69, 9.17) is 11.6 Å². The smallest absolute Gasteiger partial charge is 0.227 e. The maximum atomic E-state index is 12.8. The van der Waals surface area contributed by atoms with Crippen LogP contribution >= 0.6 is 11.6 Å². The molecule has 1 fully saturated rings. The van der Waals surface area contributed by atoms with E-state index in [1.807, 2.05) is 31.3 Å². The first kappa shape index (κ1) is 16.7. The minimum absolute atomic E-state index is 0.0215. The van der Waals surface area contributed by atoms with Crippen LogP contribution in [0.15, 0.2) is 42.7 Å². The zero-order valence-electron chi connectivity index (χ0n) is 13.7. The predicted molar refractivity (Wildman–Crippen MR) is 94.9 cm³/mol. The highest BCUT2D eigenvalue weighted by atomic mass is 35.5. The van der Waals surface area contributed by atoms with E-state index in [1.54, 1.807) is 23.4 Å². The highest BCUT2D eigenvalue weighted by Gasteiger charge is 2.29. The van der Waals surface area contributed by atoms with Gasteiger partial charge in [0.25, 0.3) is 0 Å². The Balaban J connectivity index is 1.63. The van der Waals surface area contributed by atoms with Gasteiger partial charge in [-0.3, -0.25) is 4.79 Å². The molecule has 0 N–H and O–H groups in total. The molecule has 1 aliphatic rings. The van der Waals surface area contributed by atoms with Gasteiger partial charge in [-0.1, -0.05) is 23.7 Å². The number of halogens is 1. The van der Waals surface area contributed by atoms with Crippen molar-refractivity contribution < 1.29 is 4.79 Å². The van der Waals surface area contributed by atoms with E-state index in [1.165, 1.54) is 0 Å². The Kier molecular flexibility index (Phi) is 5.30. The van der Waals surface area contributed by atoms with Crippen molar-refractivity contribution in [1.29, 1.82) is 0 Å². The van der Waals surface area contributed by atoms with Gasteiger partial charge < -0.3 is 9.80 Å². The number of aromatic nitrogens is 2. The van der Waals surface area contributed by atoms with Crippen molar-refractivity contribution in [1.82, 2.24) is 14.9 Å². The molecule has 1 aliphatic heterocycles. The first-order valence-electron chi connectivity index (χ1n) is 8.15. The van der Waals surface area contributed by atoms with E-state index in [0.717, 1.165) is 24.9 Å². The van der Waals surface area contributed by atoms with Gasteiger partial charge >= 0.3 is 0 Å². The van der Waals surface area contributed by atoms with Crippen molar-refractivity contribution in [3.8, 4) is 0 Å². The van der Waals surface area contributed by atoms with E-state index < -0.39 is 0 Å². The SMILES string of the molecule is CN(Cc1cccc(Cl)c1)C(=O)C1CCCN(c2ncccn2)C1. The molecular formula is C18H21ClN4O. The molecule has 0 bridgehead atoms. The lowest BCUT2D eigenvalue weighted by Gasteiger charge is -2.34. The van der Waals surface area contributed by atoms with Crippen LogP contribution in [0.2, 0.25) is 5.02 Å². The average molecular weight is 345 g/mol. The van der Waals surface area contributed by atoms with Gasteiger partial charge in [-0.15, -0.1) is 0 Å². The van der Waals surface area contributed by atoms with Gasteiger partial charge in [-0.05, 0) is 36.6 Å². The van der Waals surface area contributed by atoms with Crippen molar-refractivity contribution in [3.05, 3.63) is 53.3 Å². The zero-order valence-corrected chi connectivity index (χ0v) is 14.5. The van der Waals surface area contributed by atoms with E-state index >= 15 is 0 Å². The van der Waals surface area contributed by atoms with Crippen molar-refractivity contribution in [3.63, 3.8) is 0 Å². The molecule has 1 unspecified atom stereocenters. The van der Waals surface area contributed by atoms with E-state index in [9.17, 15) is 4.79 Å². The molecule has 6 heteroatoms. The second-order valence-electron chi connectivity index (χ2n) is 6.16. The summed E-state index contributed by atoms with van der Waals surface area (Å²) < 4.78 is 0. The summed E-state index contributed by atoms with van der Waals surface area (Å²) >= 11 is 6.02. The maximum absolute atomic E-state index is 12.8. The van der Waals surface area contributed by atoms with Gasteiger partial charge in [0.05, 0.1) is 5.92 Å². The summed E-state index contributed by atoms with van der Waals surface area (Å²) in [4.78, 5) is 25.3. The van der Waals surface area contributed by atoms with Crippen molar-refractivity contribution in [2.45, 2.75) is 19.4 Å². The minimum Gasteiger partial charge on any atom is -0.341 e. The second kappa shape index (κ2) is 7.62. The number of amides is 1. The molecule has 1 aromatic heterocycles. The molecule has 24 heavy (non-hydrogen) atoms. The molecule has 2 heterocycles. The van der Waals surface area contributed by atoms with Crippen LogP contribution in [-0.2, 0) is 11.3 Å². The number of rotatable bonds is 4. The summed E-state index contributed by atoms with van der Waals surface area (Å²) in [6.07, 6.45) is 5.35. The summed E-state index contributed by atoms with van der Waals surface area (Å²) in [6.45, 7) is 2.13. The Morgan fingerprint density at radius 2 is 2.12 bits per heavy atom. The van der Waals surface area contributed by atoms with Crippen LogP contribution in [0, 0.1) is 5.92 Å². The highest BCUT2D eigenvalue weighted by Crippen LogP contribution is 2.22. The fraction of sp³-hybridized carbons (Fsp3) is 0.389. The molecule has 0 aliphatic carbocycles. The molecule has 1 atom stereocenters. The van der Waals surface area contributed by atoms with E-state index in [-0.39, 0.29) is 11.8 Å². The van der Waals surface area contributed by atoms with Gasteiger partial charge in [-0.25, -0.2) is 9.97 Å². The number of hydrogen-bond acceptors (Lipinski definition) is 4. The number of anilines is 1. The Hall–Kier alpha value is -2.14. The molecular weight excluding hydrogens is 324 g/mol. The lowest BCUT2D eigenvalue weighted by atomic mass is 9.96. The van der Waals surface area contributed by atoms with Crippen LogP contribution in [0.5, 0.6) is 0 Å². The molecule has 5 nitrogen and oxygen atoms in total. The first-order chi connectivity index (χ1) is 11.6. The Morgan fingerprint density at radius 1 is 1.33 bits per heavy atom. The number of nitrogens with zero attached hydrogens (tertiary/aromatic N) is 4. The van der Waals surface area contributed by atoms with E-state index in [2.05, 4.69) is 14.9 Å². The molecule has 1 amide bonds. The van der Waals surface area contributed by atoms with Crippen molar-refractivity contribution >= 4 is 23.5 Å². The Morgan fingerprint density at radius 3 is 2.88 bits per heavy atom. The van der Waals surface area contributed by atoms with Crippen LogP contribution in [0.3, 0.4) is 0 Å². The first-order valence-corrected chi connectivity index (χ1v) is 8.52. The third-order valence-corrected chi connectivity index (χ3v) is 4.53. The highest BCUT2D eigenvalue weighted by molar-refractivity contribution is 6.30. The lowest BCUT2D eigenvalue weighted by molar-refractivity contribution is -0.135. The van der Waals surface area contributed by atoms with Crippen LogP contribution in [0.25, 0.3) is 0 Å². The van der Waals surface area contributed by atoms with Crippen LogP contribution in [0.1, 0.15) is 18.4 Å². The number of piperidine rings is 1. The van der Waals surface area contributed by atoms with Gasteiger partial charge in [0.2, 0.25) is 11.9 Å². The summed E-state index contributed by atoms with van der Waals surface area (Å²) in [6, 6.07) is 9.43. The monoisotopic (exact) mass is 344 g/mol. The summed E-state index contributed by atoms with van der Waals surface area (Å²) in [7, 11) is 1.85. The molecule has 0 radical (unpaired) electrons. The minimum atomic E-state index is -0.0215. The summed E-state index contributed by atoms with van der Waals surface area (Å²) in [5, 5.41) is 0.693. The third kappa shape index (κ3) is 4.03. The third-order valence-electron chi connectivity index (χ3n) is 4.29. The molecule has 0 saturated carbocycles. The fourth-order valence-corrected chi connectivity index (χ4v) is 3.33. The van der Waals surface area contributed by atoms with Gasteiger partial charge in [0.15, 0.2) is 0 Å². The number of carbonyl (C=O) groups excluding carboxylic acids is 1. The Labute approximate surface area is 147 Å². The van der Waals surface area contributed by atoms with Crippen LogP contribution in [0.4, 0.5) is 5.95 Å². The quantitative estimate of drug-likeness (QED) is 0.855. The fourth-order valence-electron chi connectivity index (χ4n) is 3.11. The lowest BCUT2D eigenvalue weighted by Crippen LogP contribution is -2.44. The molecule has 126 valence electrons. The average Bonchev–Trinajstić information content (AvgIpc) is 2.62. The number of benzene rings is 1. The van der Waals surface area contributed by atoms with Crippen molar-refractivity contribution in [2.24, 2.45) is 5.92 Å². The molecule has 0 spiro atoms. The molecule has 1 aromatic carbocycles. The predicted octanol–water partition coefficient (Wildman–Crippen LogP) is 3.01. The largest absolute Gasteiger partial charge is 0.341 e. The van der Waals surface area contributed by atoms with Crippen LogP contribution in [-0.4, -0.2) is 40.9 Å². The molecule has 3 rings (SSSR count). The topological polar surface area (TPSA) is 49.3 Å². The second-order valence-corrected chi connectivity index (χ2v) is 6.59. The zero-order chi connectivity index (χ0) is 16.9. The van der Waals surface area contributed by atoms with Gasteiger partial charge in [-0.2, -0.15) is 0 Å². The van der Waals surface area contributed by atoms with Crippen LogP contribution < -0.4 is 4.90 Å². The van der Waals surface area contributed by atoms with E-state index in [0.29, 0.717) is 24.1 Å². The molecule has 1 saturated heterocycles. The number of carbonyl (C=O) groups is 1. The van der Waals surface area contributed by atoms with Crippen molar-refractivity contribution in [2.75, 3.05) is 25.0 Å². The summed E-state index contributed by atoms with van der Waals surface area (Å²) in [5.41, 5.74) is 1.04. The summed E-state index contributed by atoms with van der Waals surface area (Å²) in [5.74, 6) is 0.842. The normalized spacial score (nSPS) is 17.6. The number of hydrogen-bond donors (Lipinski definition) is 0.